The third kappa shape index (κ3) is 1.74. The van der Waals surface area contributed by atoms with Crippen molar-refractivity contribution in [1.29, 1.82) is 0 Å². The number of fused-ring (bicyclic) bond motifs is 1. The standard InChI is InChI=1S/C14H12FN3O/c1-9-13(7-16-8-14(9)19-2)18-12-5-3-4-11(15)10(12)6-17-18/h3-8H,1-2H3. The molecule has 3 rings (SSSR count). The second-order valence-corrected chi connectivity index (χ2v) is 4.21. The normalized spacial score (nSPS) is 10.9. The smallest absolute Gasteiger partial charge is 0.142 e. The van der Waals surface area contributed by atoms with Crippen LogP contribution >= 0.6 is 0 Å². The molecule has 0 aliphatic rings. The SMILES string of the molecule is COc1cncc(-n2ncc3c(F)cccc32)c1C. The number of hydrogen-bond acceptors (Lipinski definition) is 3. The molecule has 0 atom stereocenters. The molecule has 0 saturated carbocycles. The number of rotatable bonds is 2. The van der Waals surface area contributed by atoms with Crippen LogP contribution in [0, 0.1) is 12.7 Å². The highest BCUT2D eigenvalue weighted by Gasteiger charge is 2.12. The molecule has 0 fully saturated rings. The van der Waals surface area contributed by atoms with Gasteiger partial charge in [-0.3, -0.25) is 4.98 Å². The second kappa shape index (κ2) is 4.35. The van der Waals surface area contributed by atoms with Crippen LogP contribution in [0.5, 0.6) is 5.75 Å². The molecule has 4 nitrogen and oxygen atoms in total. The first-order valence-corrected chi connectivity index (χ1v) is 5.83. The van der Waals surface area contributed by atoms with Gasteiger partial charge in [0.25, 0.3) is 0 Å². The highest BCUT2D eigenvalue weighted by atomic mass is 19.1. The zero-order valence-corrected chi connectivity index (χ0v) is 10.6. The van der Waals surface area contributed by atoms with E-state index in [1.807, 2.05) is 13.0 Å². The van der Waals surface area contributed by atoms with Crippen molar-refractivity contribution in [1.82, 2.24) is 14.8 Å². The van der Waals surface area contributed by atoms with Crippen molar-refractivity contribution >= 4 is 10.9 Å². The second-order valence-electron chi connectivity index (χ2n) is 4.21. The van der Waals surface area contributed by atoms with Crippen molar-refractivity contribution < 1.29 is 9.13 Å². The molecule has 0 unspecified atom stereocenters. The Labute approximate surface area is 109 Å². The first-order chi connectivity index (χ1) is 9.22. The fourth-order valence-corrected chi connectivity index (χ4v) is 2.12. The van der Waals surface area contributed by atoms with Crippen molar-refractivity contribution in [2.75, 3.05) is 7.11 Å². The van der Waals surface area contributed by atoms with E-state index >= 15 is 0 Å². The lowest BCUT2D eigenvalue weighted by atomic mass is 10.2. The molecule has 0 N–H and O–H groups in total. The first kappa shape index (κ1) is 11.6. The van der Waals surface area contributed by atoms with E-state index in [0.717, 1.165) is 11.3 Å². The minimum atomic E-state index is -0.280. The van der Waals surface area contributed by atoms with Crippen LogP contribution in [-0.2, 0) is 0 Å². The van der Waals surface area contributed by atoms with Gasteiger partial charge in [-0.15, -0.1) is 0 Å². The van der Waals surface area contributed by atoms with Gasteiger partial charge in [-0.05, 0) is 19.1 Å². The van der Waals surface area contributed by atoms with Crippen LogP contribution in [0.2, 0.25) is 0 Å². The summed E-state index contributed by atoms with van der Waals surface area (Å²) in [6.45, 7) is 1.92. The lowest BCUT2D eigenvalue weighted by Gasteiger charge is -2.10. The number of halogens is 1. The summed E-state index contributed by atoms with van der Waals surface area (Å²) in [5, 5.41) is 4.73. The van der Waals surface area contributed by atoms with Crippen LogP contribution in [0.1, 0.15) is 5.56 Å². The highest BCUT2D eigenvalue weighted by Crippen LogP contribution is 2.26. The van der Waals surface area contributed by atoms with Gasteiger partial charge >= 0.3 is 0 Å². The van der Waals surface area contributed by atoms with Gasteiger partial charge in [0.15, 0.2) is 0 Å². The van der Waals surface area contributed by atoms with E-state index in [1.165, 1.54) is 12.3 Å². The third-order valence-corrected chi connectivity index (χ3v) is 3.15. The minimum absolute atomic E-state index is 0.280. The van der Waals surface area contributed by atoms with Crippen LogP contribution in [0.15, 0.2) is 36.8 Å². The van der Waals surface area contributed by atoms with Gasteiger partial charge in [0.1, 0.15) is 11.6 Å². The summed E-state index contributed by atoms with van der Waals surface area (Å²) in [5.41, 5.74) is 2.39. The maximum Gasteiger partial charge on any atom is 0.142 e. The Morgan fingerprint density at radius 3 is 2.84 bits per heavy atom. The minimum Gasteiger partial charge on any atom is -0.495 e. The molecule has 2 heterocycles. The van der Waals surface area contributed by atoms with Crippen LogP contribution in [0.3, 0.4) is 0 Å². The van der Waals surface area contributed by atoms with E-state index in [-0.39, 0.29) is 5.82 Å². The fourth-order valence-electron chi connectivity index (χ4n) is 2.12. The number of pyridine rings is 1. The zero-order chi connectivity index (χ0) is 13.4. The number of nitrogens with zero attached hydrogens (tertiary/aromatic N) is 3. The molecule has 2 aromatic heterocycles. The fraction of sp³-hybridized carbons (Fsp3) is 0.143. The van der Waals surface area contributed by atoms with Gasteiger partial charge in [0.2, 0.25) is 0 Å². The van der Waals surface area contributed by atoms with E-state index in [9.17, 15) is 4.39 Å². The molecule has 0 amide bonds. The quantitative estimate of drug-likeness (QED) is 0.708. The van der Waals surface area contributed by atoms with Crippen molar-refractivity contribution in [3.8, 4) is 11.4 Å². The summed E-state index contributed by atoms with van der Waals surface area (Å²) in [6.07, 6.45) is 4.85. The summed E-state index contributed by atoms with van der Waals surface area (Å²) < 4.78 is 20.6. The number of hydrogen-bond donors (Lipinski definition) is 0. The Kier molecular flexibility index (Phi) is 2.67. The van der Waals surface area contributed by atoms with Gasteiger partial charge in [-0.25, -0.2) is 9.07 Å². The predicted octanol–water partition coefficient (Wildman–Crippen LogP) is 2.88. The monoisotopic (exact) mass is 257 g/mol. The molecule has 0 radical (unpaired) electrons. The molecule has 96 valence electrons. The van der Waals surface area contributed by atoms with Crippen molar-refractivity contribution in [2.24, 2.45) is 0 Å². The molecule has 0 saturated heterocycles. The van der Waals surface area contributed by atoms with Gasteiger partial charge in [0, 0.05) is 5.56 Å². The number of aromatic nitrogens is 3. The number of methoxy groups -OCH3 is 1. The lowest BCUT2D eigenvalue weighted by molar-refractivity contribution is 0.409. The summed E-state index contributed by atoms with van der Waals surface area (Å²) in [5.74, 6) is 0.398. The summed E-state index contributed by atoms with van der Waals surface area (Å²) in [6, 6.07) is 4.91. The Balaban J connectivity index is 2.28. The van der Waals surface area contributed by atoms with E-state index in [1.54, 1.807) is 30.3 Å². The largest absolute Gasteiger partial charge is 0.495 e. The predicted molar refractivity (Wildman–Crippen MR) is 70.1 cm³/mol. The van der Waals surface area contributed by atoms with Gasteiger partial charge in [-0.2, -0.15) is 5.10 Å². The zero-order valence-electron chi connectivity index (χ0n) is 10.6. The van der Waals surface area contributed by atoms with Crippen molar-refractivity contribution in [3.05, 3.63) is 48.2 Å². The van der Waals surface area contributed by atoms with E-state index in [0.29, 0.717) is 16.7 Å². The summed E-state index contributed by atoms with van der Waals surface area (Å²) in [4.78, 5) is 4.12. The molecule has 0 spiro atoms. The lowest BCUT2D eigenvalue weighted by Crippen LogP contribution is -2.01. The highest BCUT2D eigenvalue weighted by molar-refractivity contribution is 5.81. The molecular formula is C14H12FN3O. The first-order valence-electron chi connectivity index (χ1n) is 5.83. The van der Waals surface area contributed by atoms with Gasteiger partial charge < -0.3 is 4.74 Å². The Bertz CT molecular complexity index is 752. The van der Waals surface area contributed by atoms with E-state index in [4.69, 9.17) is 4.74 Å². The summed E-state index contributed by atoms with van der Waals surface area (Å²) in [7, 11) is 1.59. The van der Waals surface area contributed by atoms with Crippen molar-refractivity contribution in [2.45, 2.75) is 6.92 Å². The van der Waals surface area contributed by atoms with Crippen molar-refractivity contribution in [3.63, 3.8) is 0 Å². The van der Waals surface area contributed by atoms with E-state index < -0.39 is 0 Å². The van der Waals surface area contributed by atoms with Gasteiger partial charge in [-0.1, -0.05) is 6.07 Å². The molecule has 0 aliphatic heterocycles. The molecule has 19 heavy (non-hydrogen) atoms. The Hall–Kier alpha value is -2.43. The van der Waals surface area contributed by atoms with Crippen LogP contribution in [0.25, 0.3) is 16.6 Å². The Morgan fingerprint density at radius 2 is 2.05 bits per heavy atom. The topological polar surface area (TPSA) is 39.9 Å². The molecule has 3 aromatic rings. The van der Waals surface area contributed by atoms with E-state index in [2.05, 4.69) is 10.1 Å². The molecule has 0 aliphatic carbocycles. The average Bonchev–Trinajstić information content (AvgIpc) is 2.84. The summed E-state index contributed by atoms with van der Waals surface area (Å²) >= 11 is 0. The number of benzene rings is 1. The molecular weight excluding hydrogens is 245 g/mol. The number of ether oxygens (including phenoxy) is 1. The molecule has 1 aromatic carbocycles. The van der Waals surface area contributed by atoms with Crippen LogP contribution < -0.4 is 4.74 Å². The molecule has 5 heteroatoms. The average molecular weight is 257 g/mol. The van der Waals surface area contributed by atoms with Crippen LogP contribution in [-0.4, -0.2) is 21.9 Å². The van der Waals surface area contributed by atoms with Crippen LogP contribution in [0.4, 0.5) is 4.39 Å². The Morgan fingerprint density at radius 1 is 1.21 bits per heavy atom. The third-order valence-electron chi connectivity index (χ3n) is 3.15. The maximum absolute atomic E-state index is 13.7. The van der Waals surface area contributed by atoms with Gasteiger partial charge in [0.05, 0.1) is 42.3 Å². The molecule has 0 bridgehead atoms. The maximum atomic E-state index is 13.7.